The van der Waals surface area contributed by atoms with E-state index < -0.39 is 11.8 Å². The molecule has 2 aliphatic carbocycles. The van der Waals surface area contributed by atoms with Crippen molar-refractivity contribution in [2.75, 3.05) is 12.0 Å². The Balaban J connectivity index is 0.00000121. The van der Waals surface area contributed by atoms with Crippen LogP contribution in [0.3, 0.4) is 0 Å². The number of ether oxygens (including phenoxy) is 2. The zero-order valence-corrected chi connectivity index (χ0v) is 26.6. The number of anilines is 1. The summed E-state index contributed by atoms with van der Waals surface area (Å²) in [7, 11) is 1.26. The molecule has 10 heteroatoms. The van der Waals surface area contributed by atoms with Crippen molar-refractivity contribution in [1.82, 2.24) is 20.0 Å². The Kier molecular flexibility index (Phi) is 12.6. The highest BCUT2D eigenvalue weighted by molar-refractivity contribution is 6.04. The summed E-state index contributed by atoms with van der Waals surface area (Å²) < 4.78 is 26.7. The first kappa shape index (κ1) is 33.7. The number of hydrogen-bond acceptors (Lipinski definition) is 7. The minimum atomic E-state index is -0.687. The van der Waals surface area contributed by atoms with E-state index in [0.29, 0.717) is 6.54 Å². The summed E-state index contributed by atoms with van der Waals surface area (Å²) in [5, 5.41) is 8.28. The van der Waals surface area contributed by atoms with Crippen LogP contribution in [0.25, 0.3) is 0 Å². The van der Waals surface area contributed by atoms with Crippen LogP contribution in [0.1, 0.15) is 114 Å². The highest BCUT2D eigenvalue weighted by Gasteiger charge is 2.33. The van der Waals surface area contributed by atoms with E-state index in [0.717, 1.165) is 56.1 Å². The molecule has 9 nitrogen and oxygen atoms in total. The first-order chi connectivity index (χ1) is 20.9. The molecule has 3 aromatic rings. The van der Waals surface area contributed by atoms with Crippen molar-refractivity contribution < 1.29 is 23.5 Å². The lowest BCUT2D eigenvalue weighted by atomic mass is 9.87. The van der Waals surface area contributed by atoms with Crippen LogP contribution in [0, 0.1) is 11.7 Å². The summed E-state index contributed by atoms with van der Waals surface area (Å²) in [5.74, 6) is -1.19. The van der Waals surface area contributed by atoms with E-state index in [-0.39, 0.29) is 46.7 Å². The van der Waals surface area contributed by atoms with Crippen LogP contribution in [0.2, 0.25) is 0 Å². The standard InChI is InChI=1S/C29H34FN5O4.2C2H6/c1-18(2)35(28(36)21-7-5-4-6-8-21)25-15-24(30)26(14-23(25)29(37)38-3)39-27-22(20-9-10-20)13-19(16-31-27)17-34-32-11-12-33-34;2*1-2/h11-16,18,20-21H,4-10,17H2,1-3H3;2*1-2H3. The number of carbonyl (C=O) groups excluding carboxylic acids is 2. The summed E-state index contributed by atoms with van der Waals surface area (Å²) in [4.78, 5) is 34.0. The predicted molar refractivity (Wildman–Crippen MR) is 165 cm³/mol. The summed E-state index contributed by atoms with van der Waals surface area (Å²) in [5.41, 5.74) is 2.04. The maximum atomic E-state index is 15.6. The van der Waals surface area contributed by atoms with Crippen LogP contribution >= 0.6 is 0 Å². The summed E-state index contributed by atoms with van der Waals surface area (Å²) in [6.45, 7) is 12.2. The zero-order chi connectivity index (χ0) is 31.5. The van der Waals surface area contributed by atoms with Gasteiger partial charge in [0.15, 0.2) is 11.6 Å². The van der Waals surface area contributed by atoms with Crippen LogP contribution < -0.4 is 9.64 Å². The Morgan fingerprint density at radius 3 is 2.23 bits per heavy atom. The van der Waals surface area contributed by atoms with Crippen molar-refractivity contribution in [3.8, 4) is 11.6 Å². The number of methoxy groups -OCH3 is 1. The van der Waals surface area contributed by atoms with Crippen LogP contribution in [0.5, 0.6) is 11.6 Å². The van der Waals surface area contributed by atoms with E-state index in [1.807, 2.05) is 47.6 Å². The molecule has 2 fully saturated rings. The lowest BCUT2D eigenvalue weighted by Gasteiger charge is -2.33. The van der Waals surface area contributed by atoms with Gasteiger partial charge in [-0.15, -0.1) is 0 Å². The molecular weight excluding hydrogens is 549 g/mol. The number of aromatic nitrogens is 4. The Hall–Kier alpha value is -3.82. The van der Waals surface area contributed by atoms with Crippen molar-refractivity contribution >= 4 is 17.6 Å². The zero-order valence-electron chi connectivity index (χ0n) is 26.6. The molecule has 0 unspecified atom stereocenters. The van der Waals surface area contributed by atoms with Gasteiger partial charge in [0.05, 0.1) is 37.3 Å². The van der Waals surface area contributed by atoms with Gasteiger partial charge in [-0.05, 0) is 57.1 Å². The fraction of sp³-hybridized carbons (Fsp3) is 0.545. The Morgan fingerprint density at radius 1 is 1.00 bits per heavy atom. The number of benzene rings is 1. The molecule has 2 saturated carbocycles. The molecule has 0 spiro atoms. The molecule has 0 aliphatic heterocycles. The van der Waals surface area contributed by atoms with Crippen LogP contribution in [-0.2, 0) is 16.1 Å². The summed E-state index contributed by atoms with van der Waals surface area (Å²) in [6.07, 6.45) is 11.5. The average Bonchev–Trinajstić information content (AvgIpc) is 3.76. The second-order valence-corrected chi connectivity index (χ2v) is 10.6. The van der Waals surface area contributed by atoms with Crippen molar-refractivity contribution in [1.29, 1.82) is 0 Å². The molecule has 2 aliphatic rings. The lowest BCUT2D eigenvalue weighted by molar-refractivity contribution is -0.123. The molecule has 234 valence electrons. The van der Waals surface area contributed by atoms with Gasteiger partial charge in [-0.2, -0.15) is 15.0 Å². The molecule has 2 heterocycles. The number of carbonyl (C=O) groups is 2. The smallest absolute Gasteiger partial charge is 0.340 e. The topological polar surface area (TPSA) is 99.4 Å². The van der Waals surface area contributed by atoms with Crippen molar-refractivity contribution in [2.45, 2.75) is 105 Å². The second-order valence-electron chi connectivity index (χ2n) is 10.6. The highest BCUT2D eigenvalue weighted by atomic mass is 19.1. The molecule has 0 bridgehead atoms. The minimum absolute atomic E-state index is 0.0705. The number of amides is 1. The SMILES string of the molecule is CC.CC.COC(=O)c1cc(Oc2ncc(Cn3nccn3)cc2C2CC2)c(F)cc1N(C(=O)C1CCCCC1)C(C)C. The molecule has 1 amide bonds. The third-order valence-corrected chi connectivity index (χ3v) is 7.37. The van der Waals surface area contributed by atoms with Gasteiger partial charge >= 0.3 is 5.97 Å². The summed E-state index contributed by atoms with van der Waals surface area (Å²) in [6, 6.07) is 4.23. The number of hydrogen-bond donors (Lipinski definition) is 0. The largest absolute Gasteiger partial charge is 0.465 e. The molecule has 2 aromatic heterocycles. The average molecular weight is 596 g/mol. The highest BCUT2D eigenvalue weighted by Crippen LogP contribution is 2.45. The van der Waals surface area contributed by atoms with Gasteiger partial charge in [0, 0.05) is 35.9 Å². The first-order valence-electron chi connectivity index (χ1n) is 15.6. The van der Waals surface area contributed by atoms with E-state index in [9.17, 15) is 9.59 Å². The van der Waals surface area contributed by atoms with E-state index >= 15 is 4.39 Å². The Bertz CT molecular complexity index is 1340. The third-order valence-electron chi connectivity index (χ3n) is 7.37. The molecule has 0 saturated heterocycles. The number of halogens is 1. The molecular formula is C33H46FN5O4. The van der Waals surface area contributed by atoms with Gasteiger partial charge in [0.25, 0.3) is 0 Å². The van der Waals surface area contributed by atoms with Crippen molar-refractivity contribution in [3.63, 3.8) is 0 Å². The molecule has 0 radical (unpaired) electrons. The van der Waals surface area contributed by atoms with E-state index in [1.165, 1.54) is 24.1 Å². The fourth-order valence-corrected chi connectivity index (χ4v) is 5.26. The van der Waals surface area contributed by atoms with E-state index in [4.69, 9.17) is 9.47 Å². The van der Waals surface area contributed by atoms with E-state index in [2.05, 4.69) is 15.2 Å². The van der Waals surface area contributed by atoms with Gasteiger partial charge in [0.1, 0.15) is 0 Å². The van der Waals surface area contributed by atoms with Gasteiger partial charge in [-0.25, -0.2) is 14.2 Å². The first-order valence-corrected chi connectivity index (χ1v) is 15.6. The molecule has 0 N–H and O–H groups in total. The number of pyridine rings is 1. The van der Waals surface area contributed by atoms with E-state index in [1.54, 1.807) is 23.4 Å². The molecule has 0 atom stereocenters. The maximum Gasteiger partial charge on any atom is 0.340 e. The molecule has 43 heavy (non-hydrogen) atoms. The number of rotatable bonds is 9. The van der Waals surface area contributed by atoms with Crippen molar-refractivity contribution in [2.24, 2.45) is 5.92 Å². The lowest BCUT2D eigenvalue weighted by Crippen LogP contribution is -2.42. The maximum absolute atomic E-state index is 15.6. The quantitative estimate of drug-likeness (QED) is 0.234. The van der Waals surface area contributed by atoms with Crippen LogP contribution in [0.4, 0.5) is 10.1 Å². The minimum Gasteiger partial charge on any atom is -0.465 e. The predicted octanol–water partition coefficient (Wildman–Crippen LogP) is 7.69. The van der Waals surface area contributed by atoms with Gasteiger partial charge < -0.3 is 14.4 Å². The number of nitrogens with zero attached hydrogens (tertiary/aromatic N) is 5. The van der Waals surface area contributed by atoms with Gasteiger partial charge in [-0.1, -0.05) is 47.0 Å². The monoisotopic (exact) mass is 595 g/mol. The van der Waals surface area contributed by atoms with Crippen LogP contribution in [-0.4, -0.2) is 45.0 Å². The van der Waals surface area contributed by atoms with Gasteiger partial charge in [-0.3, -0.25) is 4.79 Å². The third kappa shape index (κ3) is 8.39. The fourth-order valence-electron chi connectivity index (χ4n) is 5.26. The van der Waals surface area contributed by atoms with Crippen LogP contribution in [0.15, 0.2) is 36.8 Å². The molecule has 1 aromatic carbocycles. The second kappa shape index (κ2) is 16.1. The van der Waals surface area contributed by atoms with Gasteiger partial charge in [0.2, 0.25) is 11.8 Å². The number of esters is 1. The summed E-state index contributed by atoms with van der Waals surface area (Å²) >= 11 is 0. The Labute approximate surface area is 254 Å². The normalized spacial score (nSPS) is 14.6. The molecule has 5 rings (SSSR count). The Morgan fingerprint density at radius 2 is 1.65 bits per heavy atom. The van der Waals surface area contributed by atoms with Crippen molar-refractivity contribution in [3.05, 3.63) is 59.3 Å².